The molecule has 0 N–H and O–H groups in total. The molecule has 56 heavy (non-hydrogen) atoms. The minimum Gasteiger partial charge on any atom is -0.462 e. The standard InChI is InChI=1S/C50H82O6/c1-4-7-10-13-16-19-22-25-28-31-34-37-40-43-49(52)55-46-47(45-54-48(51)42-39-36-33-30-27-24-21-18-15-12-9-6-3)56-50(53)44-41-38-35-32-29-26-23-20-17-14-11-8-5-2/h7,9-10,12-13,16,18-19,21-22,26-27,29-30,47H,4-6,8,11,14-15,17,20,23-25,28,31-46H2,1-3H3/b10-7-,12-9-,16-13-,21-18-,22-19-,29-26-,30-27-. The number of carbonyl (C=O) groups excluding carboxylic acids is 3. The number of ether oxygens (including phenoxy) is 3. The number of carbonyl (C=O) groups is 3. The average Bonchev–Trinajstić information content (AvgIpc) is 3.19. The van der Waals surface area contributed by atoms with Crippen LogP contribution in [0, 0.1) is 0 Å². The highest BCUT2D eigenvalue weighted by atomic mass is 16.6. The molecule has 6 nitrogen and oxygen atoms in total. The van der Waals surface area contributed by atoms with Crippen LogP contribution in [0.25, 0.3) is 0 Å². The van der Waals surface area contributed by atoms with Gasteiger partial charge in [0.25, 0.3) is 0 Å². The Bertz CT molecular complexity index is 1120. The van der Waals surface area contributed by atoms with Gasteiger partial charge in [0, 0.05) is 19.3 Å². The van der Waals surface area contributed by atoms with Gasteiger partial charge in [0.1, 0.15) is 13.2 Å². The first-order chi connectivity index (χ1) is 27.5. The Morgan fingerprint density at radius 3 is 1.36 bits per heavy atom. The van der Waals surface area contributed by atoms with E-state index in [-0.39, 0.29) is 31.1 Å². The lowest BCUT2D eigenvalue weighted by Crippen LogP contribution is -2.30. The van der Waals surface area contributed by atoms with Gasteiger partial charge in [-0.25, -0.2) is 0 Å². The van der Waals surface area contributed by atoms with Crippen molar-refractivity contribution >= 4 is 17.9 Å². The van der Waals surface area contributed by atoms with Crippen molar-refractivity contribution in [3.63, 3.8) is 0 Å². The van der Waals surface area contributed by atoms with Gasteiger partial charge in [0.05, 0.1) is 0 Å². The zero-order valence-electron chi connectivity index (χ0n) is 36.1. The van der Waals surface area contributed by atoms with E-state index in [1.54, 1.807) is 0 Å². The van der Waals surface area contributed by atoms with Gasteiger partial charge in [-0.2, -0.15) is 0 Å². The molecule has 318 valence electrons. The highest BCUT2D eigenvalue weighted by Gasteiger charge is 2.19. The lowest BCUT2D eigenvalue weighted by molar-refractivity contribution is -0.167. The maximum absolute atomic E-state index is 12.7. The summed E-state index contributed by atoms with van der Waals surface area (Å²) in [4.78, 5) is 37.7. The molecule has 0 radical (unpaired) electrons. The number of esters is 3. The van der Waals surface area contributed by atoms with Gasteiger partial charge in [-0.3, -0.25) is 14.4 Å². The Hall–Kier alpha value is -3.41. The minimum absolute atomic E-state index is 0.107. The van der Waals surface area contributed by atoms with Crippen molar-refractivity contribution in [3.05, 3.63) is 85.1 Å². The summed E-state index contributed by atoms with van der Waals surface area (Å²) in [5.41, 5.74) is 0. The molecule has 0 amide bonds. The number of rotatable bonds is 39. The highest BCUT2D eigenvalue weighted by molar-refractivity contribution is 5.71. The fraction of sp³-hybridized carbons (Fsp3) is 0.660. The Morgan fingerprint density at radius 1 is 0.393 bits per heavy atom. The third-order valence-corrected chi connectivity index (χ3v) is 9.18. The molecule has 0 aromatic rings. The molecule has 1 unspecified atom stereocenters. The average molecular weight is 779 g/mol. The van der Waals surface area contributed by atoms with E-state index in [1.807, 2.05) is 6.08 Å². The molecule has 0 bridgehead atoms. The number of unbranched alkanes of at least 4 members (excludes halogenated alkanes) is 16. The largest absolute Gasteiger partial charge is 0.462 e. The number of hydrogen-bond donors (Lipinski definition) is 0. The lowest BCUT2D eigenvalue weighted by atomic mass is 10.1. The Labute approximate surface area is 344 Å². The first-order valence-corrected chi connectivity index (χ1v) is 22.6. The molecule has 0 rings (SSSR count). The van der Waals surface area contributed by atoms with Crippen molar-refractivity contribution in [3.8, 4) is 0 Å². The molecular weight excluding hydrogens is 697 g/mol. The number of allylic oxidation sites excluding steroid dienone is 14. The minimum atomic E-state index is -0.806. The summed E-state index contributed by atoms with van der Waals surface area (Å²) in [6.07, 6.45) is 55.7. The predicted octanol–water partition coefficient (Wildman–Crippen LogP) is 14.5. The summed E-state index contributed by atoms with van der Waals surface area (Å²) in [5.74, 6) is -0.991. The first-order valence-electron chi connectivity index (χ1n) is 22.6. The topological polar surface area (TPSA) is 78.9 Å². The fourth-order valence-electron chi connectivity index (χ4n) is 5.80. The van der Waals surface area contributed by atoms with Crippen LogP contribution in [-0.2, 0) is 28.6 Å². The SMILES string of the molecule is CC\C=C/C=C\C=C/CCCCCCCC(=O)OCC(COC(=O)CCCC/C=C\C/C=C\C/C=C\CC)OC(=O)CCCCC/C=C\CCCCCCCC. The van der Waals surface area contributed by atoms with Gasteiger partial charge in [0.15, 0.2) is 6.10 Å². The maximum Gasteiger partial charge on any atom is 0.306 e. The smallest absolute Gasteiger partial charge is 0.306 e. The van der Waals surface area contributed by atoms with Crippen LogP contribution in [0.15, 0.2) is 85.1 Å². The van der Waals surface area contributed by atoms with Crippen LogP contribution >= 0.6 is 0 Å². The summed E-state index contributed by atoms with van der Waals surface area (Å²) in [5, 5.41) is 0. The van der Waals surface area contributed by atoms with Crippen molar-refractivity contribution in [2.75, 3.05) is 13.2 Å². The van der Waals surface area contributed by atoms with Crippen LogP contribution < -0.4 is 0 Å². The Kier molecular flexibility index (Phi) is 41.6. The van der Waals surface area contributed by atoms with Crippen LogP contribution in [0.5, 0.6) is 0 Å². The van der Waals surface area contributed by atoms with E-state index in [0.29, 0.717) is 19.3 Å². The van der Waals surface area contributed by atoms with Crippen LogP contribution in [0.3, 0.4) is 0 Å². The molecule has 0 aliphatic carbocycles. The predicted molar refractivity (Wildman–Crippen MR) is 237 cm³/mol. The molecular formula is C50H82O6. The lowest BCUT2D eigenvalue weighted by Gasteiger charge is -2.18. The molecule has 0 saturated carbocycles. The summed E-state index contributed by atoms with van der Waals surface area (Å²) in [6, 6.07) is 0. The van der Waals surface area contributed by atoms with Gasteiger partial charge < -0.3 is 14.2 Å². The first kappa shape index (κ1) is 52.6. The van der Waals surface area contributed by atoms with E-state index in [9.17, 15) is 14.4 Å². The summed E-state index contributed by atoms with van der Waals surface area (Å²) in [7, 11) is 0. The van der Waals surface area contributed by atoms with Crippen LogP contribution in [0.1, 0.15) is 194 Å². The molecule has 0 fully saturated rings. The molecule has 1 atom stereocenters. The van der Waals surface area contributed by atoms with Gasteiger partial charge in [0.2, 0.25) is 0 Å². The monoisotopic (exact) mass is 779 g/mol. The van der Waals surface area contributed by atoms with Gasteiger partial charge >= 0.3 is 17.9 Å². The Morgan fingerprint density at radius 2 is 0.786 bits per heavy atom. The molecule has 0 aromatic heterocycles. The second-order valence-corrected chi connectivity index (χ2v) is 14.6. The zero-order chi connectivity index (χ0) is 40.8. The molecule has 0 spiro atoms. The molecule has 0 heterocycles. The van der Waals surface area contributed by atoms with E-state index in [4.69, 9.17) is 14.2 Å². The maximum atomic E-state index is 12.7. The summed E-state index contributed by atoms with van der Waals surface area (Å²) < 4.78 is 16.6. The summed E-state index contributed by atoms with van der Waals surface area (Å²) in [6.45, 7) is 6.29. The molecule has 6 heteroatoms. The van der Waals surface area contributed by atoms with E-state index < -0.39 is 6.10 Å². The zero-order valence-corrected chi connectivity index (χ0v) is 36.1. The Balaban J connectivity index is 4.51. The van der Waals surface area contributed by atoms with Gasteiger partial charge in [-0.1, -0.05) is 164 Å². The van der Waals surface area contributed by atoms with Crippen molar-refractivity contribution in [2.45, 2.75) is 200 Å². The van der Waals surface area contributed by atoms with E-state index in [1.165, 1.54) is 38.5 Å². The molecule has 0 aromatic carbocycles. The van der Waals surface area contributed by atoms with Crippen molar-refractivity contribution in [2.24, 2.45) is 0 Å². The van der Waals surface area contributed by atoms with Crippen molar-refractivity contribution < 1.29 is 28.6 Å². The van der Waals surface area contributed by atoms with Crippen LogP contribution in [0.4, 0.5) is 0 Å². The van der Waals surface area contributed by atoms with E-state index >= 15 is 0 Å². The van der Waals surface area contributed by atoms with Crippen molar-refractivity contribution in [1.82, 2.24) is 0 Å². The van der Waals surface area contributed by atoms with E-state index in [0.717, 1.165) is 116 Å². The van der Waals surface area contributed by atoms with Gasteiger partial charge in [-0.05, 0) is 96.3 Å². The van der Waals surface area contributed by atoms with E-state index in [2.05, 4.69) is 99.8 Å². The molecule has 0 aliphatic rings. The third kappa shape index (κ3) is 41.7. The second-order valence-electron chi connectivity index (χ2n) is 14.6. The summed E-state index contributed by atoms with van der Waals surface area (Å²) >= 11 is 0. The van der Waals surface area contributed by atoms with Crippen LogP contribution in [-0.4, -0.2) is 37.2 Å². The quantitative estimate of drug-likeness (QED) is 0.0203. The van der Waals surface area contributed by atoms with Crippen molar-refractivity contribution in [1.29, 1.82) is 0 Å². The van der Waals surface area contributed by atoms with Crippen LogP contribution in [0.2, 0.25) is 0 Å². The third-order valence-electron chi connectivity index (χ3n) is 9.18. The number of hydrogen-bond acceptors (Lipinski definition) is 6. The highest BCUT2D eigenvalue weighted by Crippen LogP contribution is 2.12. The van der Waals surface area contributed by atoms with Gasteiger partial charge in [-0.15, -0.1) is 0 Å². The fourth-order valence-corrected chi connectivity index (χ4v) is 5.80. The molecule has 0 aliphatic heterocycles. The normalized spacial score (nSPS) is 12.8. The molecule has 0 saturated heterocycles. The second kappa shape index (κ2) is 44.3.